The summed E-state index contributed by atoms with van der Waals surface area (Å²) in [7, 11) is 1.86. The van der Waals surface area contributed by atoms with Gasteiger partial charge in [-0.15, -0.1) is 0 Å². The van der Waals surface area contributed by atoms with Gasteiger partial charge < -0.3 is 15.7 Å². The van der Waals surface area contributed by atoms with Crippen LogP contribution >= 0.6 is 0 Å². The maximum Gasteiger partial charge on any atom is 0.227 e. The molecule has 1 unspecified atom stereocenters. The molecule has 138 valence electrons. The van der Waals surface area contributed by atoms with E-state index in [9.17, 15) is 9.90 Å². The summed E-state index contributed by atoms with van der Waals surface area (Å²) in [4.78, 5) is 16.9. The molecule has 1 fully saturated rings. The fraction of sp³-hybridized carbons (Fsp3) is 0.381. The van der Waals surface area contributed by atoms with Crippen LogP contribution in [-0.4, -0.2) is 53.6 Å². The number of likely N-dealkylation sites (N-methyl/N-ethyl adjacent to an activating group) is 1. The Kier molecular flexibility index (Phi) is 5.91. The average Bonchev–Trinajstić information content (AvgIpc) is 3.05. The van der Waals surface area contributed by atoms with E-state index in [0.717, 1.165) is 30.6 Å². The van der Waals surface area contributed by atoms with E-state index in [4.69, 9.17) is 5.73 Å². The third kappa shape index (κ3) is 4.62. The van der Waals surface area contributed by atoms with Crippen molar-refractivity contribution in [3.63, 3.8) is 0 Å². The van der Waals surface area contributed by atoms with Crippen molar-refractivity contribution in [1.82, 2.24) is 9.80 Å². The Bertz CT molecular complexity index is 735. The Hall–Kier alpha value is -2.37. The van der Waals surface area contributed by atoms with E-state index in [1.165, 1.54) is 0 Å². The first-order valence-electron chi connectivity index (χ1n) is 9.08. The van der Waals surface area contributed by atoms with Crippen molar-refractivity contribution in [2.24, 2.45) is 0 Å². The molecule has 0 bridgehead atoms. The number of aliphatic hydroxyl groups is 1. The molecular formula is C21H27N3O2. The van der Waals surface area contributed by atoms with Gasteiger partial charge in [-0.2, -0.15) is 0 Å². The van der Waals surface area contributed by atoms with Gasteiger partial charge in [0, 0.05) is 32.4 Å². The molecule has 0 aliphatic carbocycles. The van der Waals surface area contributed by atoms with Crippen molar-refractivity contribution in [2.75, 3.05) is 32.4 Å². The largest absolute Gasteiger partial charge is 0.399 e. The number of carbonyl (C=O) groups is 1. The number of β-amino-alcohol motifs (C(OH)–C–C–N with tert-alkyl or cyclic N) is 1. The van der Waals surface area contributed by atoms with Crippen LogP contribution in [0.5, 0.6) is 0 Å². The molecular weight excluding hydrogens is 326 g/mol. The smallest absolute Gasteiger partial charge is 0.227 e. The maximum atomic E-state index is 12.9. The monoisotopic (exact) mass is 353 g/mol. The second-order valence-electron chi connectivity index (χ2n) is 7.06. The number of aliphatic hydroxyl groups excluding tert-OH is 1. The molecule has 5 nitrogen and oxygen atoms in total. The summed E-state index contributed by atoms with van der Waals surface area (Å²) in [6.07, 6.45) is 0.857. The number of hydrogen-bond donors (Lipinski definition) is 2. The van der Waals surface area contributed by atoms with Crippen LogP contribution in [0.4, 0.5) is 5.69 Å². The fourth-order valence-electron chi connectivity index (χ4n) is 3.53. The normalized spacial score (nSPS) is 18.6. The van der Waals surface area contributed by atoms with Gasteiger partial charge in [0.05, 0.1) is 18.6 Å². The molecule has 2 aromatic rings. The quantitative estimate of drug-likeness (QED) is 0.780. The minimum Gasteiger partial charge on any atom is -0.399 e. The van der Waals surface area contributed by atoms with Crippen LogP contribution in [-0.2, 0) is 11.2 Å². The number of rotatable bonds is 6. The molecule has 2 atom stereocenters. The average molecular weight is 353 g/mol. The van der Waals surface area contributed by atoms with Crippen molar-refractivity contribution >= 4 is 11.6 Å². The van der Waals surface area contributed by atoms with Gasteiger partial charge in [0.1, 0.15) is 0 Å². The minimum atomic E-state index is -0.264. The third-order valence-electron chi connectivity index (χ3n) is 5.03. The van der Waals surface area contributed by atoms with Crippen LogP contribution < -0.4 is 5.73 Å². The molecule has 1 aliphatic heterocycles. The first-order chi connectivity index (χ1) is 12.5. The molecule has 1 heterocycles. The highest BCUT2D eigenvalue weighted by molar-refractivity contribution is 5.79. The molecule has 1 aliphatic rings. The zero-order valence-corrected chi connectivity index (χ0v) is 15.2. The van der Waals surface area contributed by atoms with Crippen LogP contribution in [0.15, 0.2) is 54.6 Å². The predicted octanol–water partition coefficient (Wildman–Crippen LogP) is 2.08. The summed E-state index contributed by atoms with van der Waals surface area (Å²) in [5.41, 5.74) is 8.53. The molecule has 0 aromatic heterocycles. The van der Waals surface area contributed by atoms with Crippen LogP contribution in [0.3, 0.4) is 0 Å². The topological polar surface area (TPSA) is 69.8 Å². The Morgan fingerprint density at radius 2 is 2.04 bits per heavy atom. The molecule has 3 rings (SSSR count). The van der Waals surface area contributed by atoms with E-state index in [1.54, 1.807) is 0 Å². The van der Waals surface area contributed by atoms with E-state index < -0.39 is 0 Å². The molecule has 3 N–H and O–H groups in total. The maximum absolute atomic E-state index is 12.9. The molecule has 0 saturated carbocycles. The number of benzene rings is 2. The van der Waals surface area contributed by atoms with E-state index in [0.29, 0.717) is 18.7 Å². The van der Waals surface area contributed by atoms with E-state index >= 15 is 0 Å². The summed E-state index contributed by atoms with van der Waals surface area (Å²) in [6.45, 7) is 2.25. The molecule has 1 amide bonds. The molecule has 0 radical (unpaired) electrons. The first kappa shape index (κ1) is 18.4. The van der Waals surface area contributed by atoms with E-state index in [2.05, 4.69) is 17.0 Å². The van der Waals surface area contributed by atoms with Gasteiger partial charge >= 0.3 is 0 Å². The summed E-state index contributed by atoms with van der Waals surface area (Å²) < 4.78 is 0. The van der Waals surface area contributed by atoms with Crippen molar-refractivity contribution in [1.29, 1.82) is 0 Å². The van der Waals surface area contributed by atoms with Crippen molar-refractivity contribution in [3.05, 3.63) is 65.7 Å². The number of nitrogen functional groups attached to an aromatic ring is 1. The molecule has 5 heteroatoms. The molecule has 1 saturated heterocycles. The van der Waals surface area contributed by atoms with Gasteiger partial charge in [-0.05, 0) is 29.7 Å². The van der Waals surface area contributed by atoms with Crippen molar-refractivity contribution in [3.8, 4) is 0 Å². The van der Waals surface area contributed by atoms with Gasteiger partial charge in [0.15, 0.2) is 0 Å². The SMILES string of the molecule is CN(C(=O)Cc1cccc(N)c1)C(CN1CC[C@H](O)C1)c1ccccc1. The number of carbonyl (C=O) groups excluding carboxylic acids is 1. The second kappa shape index (κ2) is 8.34. The molecule has 0 spiro atoms. The van der Waals surface area contributed by atoms with Crippen LogP contribution in [0.1, 0.15) is 23.6 Å². The summed E-state index contributed by atoms with van der Waals surface area (Å²) in [5.74, 6) is 0.0594. The number of likely N-dealkylation sites (tertiary alicyclic amines) is 1. The lowest BCUT2D eigenvalue weighted by atomic mass is 10.0. The standard InChI is InChI=1S/C21H27N3O2/c1-23(21(26)13-16-6-5-9-18(22)12-16)20(17-7-3-2-4-8-17)15-24-11-10-19(25)14-24/h2-9,12,19-20,25H,10-11,13-15,22H2,1H3/t19-,20?/m0/s1. The zero-order valence-electron chi connectivity index (χ0n) is 15.2. The Labute approximate surface area is 155 Å². The van der Waals surface area contributed by atoms with Gasteiger partial charge in [-0.3, -0.25) is 9.69 Å². The van der Waals surface area contributed by atoms with Crippen molar-refractivity contribution in [2.45, 2.75) is 25.0 Å². The minimum absolute atomic E-state index is 0.0462. The predicted molar refractivity (Wildman–Crippen MR) is 104 cm³/mol. The summed E-state index contributed by atoms with van der Waals surface area (Å²) in [5, 5.41) is 9.82. The van der Waals surface area contributed by atoms with E-state index in [1.807, 2.05) is 54.4 Å². The summed E-state index contributed by atoms with van der Waals surface area (Å²) in [6, 6.07) is 17.5. The highest BCUT2D eigenvalue weighted by atomic mass is 16.3. The molecule has 26 heavy (non-hydrogen) atoms. The van der Waals surface area contributed by atoms with Crippen molar-refractivity contribution < 1.29 is 9.90 Å². The van der Waals surface area contributed by atoms with Crippen LogP contribution in [0, 0.1) is 0 Å². The van der Waals surface area contributed by atoms with Gasteiger partial charge in [0.25, 0.3) is 0 Å². The highest BCUT2D eigenvalue weighted by Crippen LogP contribution is 2.24. The van der Waals surface area contributed by atoms with Gasteiger partial charge in [-0.25, -0.2) is 0 Å². The Morgan fingerprint density at radius 3 is 2.69 bits per heavy atom. The Balaban J connectivity index is 1.75. The number of nitrogens with two attached hydrogens (primary N) is 1. The van der Waals surface area contributed by atoms with Crippen LogP contribution in [0.25, 0.3) is 0 Å². The number of anilines is 1. The number of amides is 1. The fourth-order valence-corrected chi connectivity index (χ4v) is 3.53. The lowest BCUT2D eigenvalue weighted by Gasteiger charge is -2.32. The third-order valence-corrected chi connectivity index (χ3v) is 5.03. The number of nitrogens with zero attached hydrogens (tertiary/aromatic N) is 2. The van der Waals surface area contributed by atoms with Gasteiger partial charge in [0.2, 0.25) is 5.91 Å². The molecule has 2 aromatic carbocycles. The van der Waals surface area contributed by atoms with Crippen LogP contribution in [0.2, 0.25) is 0 Å². The number of hydrogen-bond acceptors (Lipinski definition) is 4. The highest BCUT2D eigenvalue weighted by Gasteiger charge is 2.28. The zero-order chi connectivity index (χ0) is 18.5. The summed E-state index contributed by atoms with van der Waals surface area (Å²) >= 11 is 0. The van der Waals surface area contributed by atoms with E-state index in [-0.39, 0.29) is 18.1 Å². The second-order valence-corrected chi connectivity index (χ2v) is 7.06. The lowest BCUT2D eigenvalue weighted by molar-refractivity contribution is -0.131. The lowest BCUT2D eigenvalue weighted by Crippen LogP contribution is -2.39. The first-order valence-corrected chi connectivity index (χ1v) is 9.08. The Morgan fingerprint density at radius 1 is 1.27 bits per heavy atom. The van der Waals surface area contributed by atoms with Gasteiger partial charge in [-0.1, -0.05) is 42.5 Å².